The number of hydrogen-bond acceptors (Lipinski definition) is 3. The molecule has 0 radical (unpaired) electrons. The zero-order chi connectivity index (χ0) is 18.1. The molecular formula is C20H32FN3O. The number of carbonyl (C=O) groups is 1. The van der Waals surface area contributed by atoms with Crippen LogP contribution in [0.2, 0.25) is 0 Å². The third kappa shape index (κ3) is 5.99. The summed E-state index contributed by atoms with van der Waals surface area (Å²) >= 11 is 0. The number of anilines is 1. The van der Waals surface area contributed by atoms with Gasteiger partial charge in [-0.3, -0.25) is 9.69 Å². The molecule has 1 aromatic carbocycles. The molecular weight excluding hydrogens is 317 g/mol. The zero-order valence-electron chi connectivity index (χ0n) is 15.6. The van der Waals surface area contributed by atoms with Gasteiger partial charge in [0.05, 0.1) is 5.69 Å². The van der Waals surface area contributed by atoms with Crippen LogP contribution in [0, 0.1) is 11.7 Å². The Morgan fingerprint density at radius 2 is 1.76 bits per heavy atom. The Kier molecular flexibility index (Phi) is 8.19. The lowest BCUT2D eigenvalue weighted by Crippen LogP contribution is -2.49. The minimum atomic E-state index is -0.152. The van der Waals surface area contributed by atoms with E-state index in [9.17, 15) is 9.18 Å². The smallest absolute Gasteiger partial charge is 0.223 e. The van der Waals surface area contributed by atoms with Gasteiger partial charge in [0.1, 0.15) is 5.82 Å². The monoisotopic (exact) mass is 349 g/mol. The van der Waals surface area contributed by atoms with Crippen molar-refractivity contribution in [2.75, 3.05) is 44.2 Å². The SMILES string of the molecule is CCCC(CCC)C(=O)NCCN1CCN(c2ccccc2F)CC1. The summed E-state index contributed by atoms with van der Waals surface area (Å²) in [6.45, 7) is 9.27. The molecule has 1 fully saturated rings. The second kappa shape index (κ2) is 10.4. The standard InChI is InChI=1S/C20H32FN3O/c1-3-7-17(8-4-2)20(25)22-11-12-23-13-15-24(16-14-23)19-10-6-5-9-18(19)21/h5-6,9-10,17H,3-4,7-8,11-16H2,1-2H3,(H,22,25). The zero-order valence-corrected chi connectivity index (χ0v) is 15.6. The topological polar surface area (TPSA) is 35.6 Å². The highest BCUT2D eigenvalue weighted by atomic mass is 19.1. The van der Waals surface area contributed by atoms with Gasteiger partial charge >= 0.3 is 0 Å². The maximum atomic E-state index is 13.9. The summed E-state index contributed by atoms with van der Waals surface area (Å²) in [5, 5.41) is 3.10. The van der Waals surface area contributed by atoms with E-state index in [1.807, 2.05) is 12.1 Å². The molecule has 4 nitrogen and oxygen atoms in total. The number of benzene rings is 1. The van der Waals surface area contributed by atoms with Crippen LogP contribution in [0.15, 0.2) is 24.3 Å². The number of carbonyl (C=O) groups excluding carboxylic acids is 1. The number of hydrogen-bond donors (Lipinski definition) is 1. The van der Waals surface area contributed by atoms with Gasteiger partial charge in [-0.05, 0) is 25.0 Å². The number of para-hydroxylation sites is 1. The van der Waals surface area contributed by atoms with E-state index < -0.39 is 0 Å². The summed E-state index contributed by atoms with van der Waals surface area (Å²) in [5.74, 6) is 0.211. The van der Waals surface area contributed by atoms with Gasteiger partial charge in [0.15, 0.2) is 0 Å². The van der Waals surface area contributed by atoms with E-state index in [2.05, 4.69) is 29.0 Å². The van der Waals surface area contributed by atoms with E-state index in [1.54, 1.807) is 6.07 Å². The van der Waals surface area contributed by atoms with Gasteiger partial charge in [-0.1, -0.05) is 38.8 Å². The minimum Gasteiger partial charge on any atom is -0.367 e. The van der Waals surface area contributed by atoms with Crippen LogP contribution in [0.25, 0.3) is 0 Å². The Morgan fingerprint density at radius 3 is 2.36 bits per heavy atom. The van der Waals surface area contributed by atoms with E-state index in [4.69, 9.17) is 0 Å². The normalized spacial score (nSPS) is 15.6. The molecule has 0 aliphatic carbocycles. The molecule has 2 rings (SSSR count). The van der Waals surface area contributed by atoms with Crippen LogP contribution < -0.4 is 10.2 Å². The average molecular weight is 349 g/mol. The number of amides is 1. The van der Waals surface area contributed by atoms with Gasteiger partial charge in [-0.15, -0.1) is 0 Å². The molecule has 140 valence electrons. The van der Waals surface area contributed by atoms with Crippen molar-refractivity contribution in [1.82, 2.24) is 10.2 Å². The van der Waals surface area contributed by atoms with Crippen LogP contribution in [0.1, 0.15) is 39.5 Å². The van der Waals surface area contributed by atoms with Crippen molar-refractivity contribution in [2.45, 2.75) is 39.5 Å². The molecule has 1 aromatic rings. The Bertz CT molecular complexity index is 523. The minimum absolute atomic E-state index is 0.152. The van der Waals surface area contributed by atoms with Crippen LogP contribution in [0.5, 0.6) is 0 Å². The van der Waals surface area contributed by atoms with E-state index in [1.165, 1.54) is 6.07 Å². The van der Waals surface area contributed by atoms with Crippen molar-refractivity contribution in [2.24, 2.45) is 5.92 Å². The number of nitrogens with zero attached hydrogens (tertiary/aromatic N) is 2. The largest absolute Gasteiger partial charge is 0.367 e. The lowest BCUT2D eigenvalue weighted by atomic mass is 9.97. The number of halogens is 1. The molecule has 1 amide bonds. The summed E-state index contributed by atoms with van der Waals surface area (Å²) in [6, 6.07) is 6.96. The Morgan fingerprint density at radius 1 is 1.12 bits per heavy atom. The molecule has 5 heteroatoms. The first kappa shape index (κ1) is 19.7. The fourth-order valence-electron chi connectivity index (χ4n) is 3.51. The molecule has 0 atom stereocenters. The van der Waals surface area contributed by atoms with Gasteiger partial charge in [0, 0.05) is 45.2 Å². The molecule has 0 bridgehead atoms. The lowest BCUT2D eigenvalue weighted by molar-refractivity contribution is -0.125. The van der Waals surface area contributed by atoms with Crippen molar-refractivity contribution in [1.29, 1.82) is 0 Å². The first-order valence-corrected chi connectivity index (χ1v) is 9.65. The predicted octanol–water partition coefficient (Wildman–Crippen LogP) is 3.28. The summed E-state index contributed by atoms with van der Waals surface area (Å²) in [4.78, 5) is 16.7. The molecule has 1 saturated heterocycles. The van der Waals surface area contributed by atoms with E-state index >= 15 is 0 Å². The molecule has 1 N–H and O–H groups in total. The second-order valence-corrected chi connectivity index (χ2v) is 6.85. The fourth-order valence-corrected chi connectivity index (χ4v) is 3.51. The van der Waals surface area contributed by atoms with Crippen LogP contribution in [-0.4, -0.2) is 50.1 Å². The molecule has 1 heterocycles. The highest BCUT2D eigenvalue weighted by Gasteiger charge is 2.20. The van der Waals surface area contributed by atoms with Crippen molar-refractivity contribution in [3.05, 3.63) is 30.1 Å². The maximum Gasteiger partial charge on any atom is 0.223 e. The van der Waals surface area contributed by atoms with E-state index in [0.717, 1.165) is 58.4 Å². The first-order valence-electron chi connectivity index (χ1n) is 9.65. The highest BCUT2D eigenvalue weighted by Crippen LogP contribution is 2.20. The van der Waals surface area contributed by atoms with E-state index in [-0.39, 0.29) is 17.6 Å². The van der Waals surface area contributed by atoms with Crippen molar-refractivity contribution >= 4 is 11.6 Å². The van der Waals surface area contributed by atoms with Gasteiger partial charge < -0.3 is 10.2 Å². The predicted molar refractivity (Wildman–Crippen MR) is 101 cm³/mol. The summed E-state index contributed by atoms with van der Waals surface area (Å²) < 4.78 is 13.9. The molecule has 0 aromatic heterocycles. The molecule has 1 aliphatic rings. The second-order valence-electron chi connectivity index (χ2n) is 6.85. The summed E-state index contributed by atoms with van der Waals surface area (Å²) in [7, 11) is 0. The van der Waals surface area contributed by atoms with Crippen molar-refractivity contribution < 1.29 is 9.18 Å². The average Bonchev–Trinajstić information content (AvgIpc) is 2.62. The molecule has 25 heavy (non-hydrogen) atoms. The van der Waals surface area contributed by atoms with Gasteiger partial charge in [0.2, 0.25) is 5.91 Å². The number of nitrogens with one attached hydrogen (secondary N) is 1. The van der Waals surface area contributed by atoms with Gasteiger partial charge in [-0.25, -0.2) is 4.39 Å². The van der Waals surface area contributed by atoms with Crippen LogP contribution >= 0.6 is 0 Å². The van der Waals surface area contributed by atoms with Gasteiger partial charge in [0.25, 0.3) is 0 Å². The van der Waals surface area contributed by atoms with Crippen molar-refractivity contribution in [3.63, 3.8) is 0 Å². The molecule has 0 spiro atoms. The maximum absolute atomic E-state index is 13.9. The molecule has 0 saturated carbocycles. The summed E-state index contributed by atoms with van der Waals surface area (Å²) in [5.41, 5.74) is 0.692. The van der Waals surface area contributed by atoms with Gasteiger partial charge in [-0.2, -0.15) is 0 Å². The third-order valence-corrected chi connectivity index (χ3v) is 4.94. The fraction of sp³-hybridized carbons (Fsp3) is 0.650. The number of piperazine rings is 1. The Hall–Kier alpha value is -1.62. The summed E-state index contributed by atoms with van der Waals surface area (Å²) in [6.07, 6.45) is 4.05. The number of rotatable bonds is 9. The van der Waals surface area contributed by atoms with E-state index in [0.29, 0.717) is 12.2 Å². The van der Waals surface area contributed by atoms with Crippen molar-refractivity contribution in [3.8, 4) is 0 Å². The Balaban J connectivity index is 1.70. The van der Waals surface area contributed by atoms with Crippen LogP contribution in [0.3, 0.4) is 0 Å². The van der Waals surface area contributed by atoms with Crippen LogP contribution in [0.4, 0.5) is 10.1 Å². The Labute approximate surface area is 151 Å². The highest BCUT2D eigenvalue weighted by molar-refractivity contribution is 5.78. The third-order valence-electron chi connectivity index (χ3n) is 4.94. The van der Waals surface area contributed by atoms with Crippen LogP contribution in [-0.2, 0) is 4.79 Å². The first-order chi connectivity index (χ1) is 12.2. The molecule has 1 aliphatic heterocycles. The molecule has 0 unspecified atom stereocenters. The quantitative estimate of drug-likeness (QED) is 0.743. The lowest BCUT2D eigenvalue weighted by Gasteiger charge is -2.36.